The van der Waals surface area contributed by atoms with Crippen LogP contribution in [0.4, 0.5) is 0 Å². The summed E-state index contributed by atoms with van der Waals surface area (Å²) >= 11 is 0. The molecule has 0 spiro atoms. The molecule has 0 saturated carbocycles. The van der Waals surface area contributed by atoms with E-state index in [2.05, 4.69) is 16.0 Å². The van der Waals surface area contributed by atoms with Gasteiger partial charge < -0.3 is 4.98 Å². The van der Waals surface area contributed by atoms with Crippen LogP contribution in [0.25, 0.3) is 17.1 Å². The minimum Gasteiger partial charge on any atom is -0.342 e. The van der Waals surface area contributed by atoms with Crippen molar-refractivity contribution in [1.29, 1.82) is 0 Å². The lowest BCUT2D eigenvalue weighted by atomic mass is 10.0. The van der Waals surface area contributed by atoms with Gasteiger partial charge in [-0.15, -0.1) is 0 Å². The summed E-state index contributed by atoms with van der Waals surface area (Å²) in [6.07, 6.45) is 1.64. The van der Waals surface area contributed by atoms with Gasteiger partial charge in [0, 0.05) is 24.4 Å². The number of nitrogens with one attached hydrogen (secondary N) is 1. The molecule has 4 rings (SSSR count). The Labute approximate surface area is 153 Å². The monoisotopic (exact) mass is 367 g/mol. The van der Waals surface area contributed by atoms with Gasteiger partial charge in [0.05, 0.1) is 11.0 Å². The number of sulfonamides is 1. The Bertz CT molecular complexity index is 1080. The molecular weight excluding hydrogens is 346 g/mol. The third-order valence-corrected chi connectivity index (χ3v) is 6.26. The predicted octanol–water partition coefficient (Wildman–Crippen LogP) is 3.58. The summed E-state index contributed by atoms with van der Waals surface area (Å²) in [7, 11) is -3.40. The number of aromatic amines is 1. The molecule has 1 fully saturated rings. The molecule has 3 aromatic rings. The van der Waals surface area contributed by atoms with E-state index in [0.717, 1.165) is 28.0 Å². The molecule has 2 heterocycles. The van der Waals surface area contributed by atoms with E-state index in [4.69, 9.17) is 0 Å². The number of aromatic nitrogens is 2. The highest BCUT2D eigenvalue weighted by molar-refractivity contribution is 7.92. The second-order valence-electron chi connectivity index (χ2n) is 6.91. The van der Waals surface area contributed by atoms with Crippen LogP contribution in [0, 0.1) is 13.8 Å². The second kappa shape index (κ2) is 6.37. The quantitative estimate of drug-likeness (QED) is 0.766. The van der Waals surface area contributed by atoms with Crippen molar-refractivity contribution >= 4 is 27.1 Å². The number of benzene rings is 2. The summed E-state index contributed by atoms with van der Waals surface area (Å²) in [6, 6.07) is 13.8. The highest BCUT2D eigenvalue weighted by Gasteiger charge is 2.37. The van der Waals surface area contributed by atoms with E-state index < -0.39 is 10.0 Å². The molecule has 1 N–H and O–H groups in total. The number of imidazole rings is 1. The Kier molecular flexibility index (Phi) is 4.17. The molecule has 1 saturated heterocycles. The molecule has 0 atom stereocenters. The molecule has 1 aliphatic heterocycles. The van der Waals surface area contributed by atoms with Crippen LogP contribution in [0.2, 0.25) is 0 Å². The number of H-pyrrole nitrogens is 1. The van der Waals surface area contributed by atoms with E-state index >= 15 is 0 Å². The average molecular weight is 367 g/mol. The zero-order valence-electron chi connectivity index (χ0n) is 14.8. The van der Waals surface area contributed by atoms with Gasteiger partial charge in [-0.05, 0) is 43.2 Å². The smallest absolute Gasteiger partial charge is 0.236 e. The van der Waals surface area contributed by atoms with Crippen molar-refractivity contribution in [3.05, 3.63) is 70.4 Å². The number of aryl methyl sites for hydroxylation is 2. The van der Waals surface area contributed by atoms with Crippen molar-refractivity contribution in [2.75, 3.05) is 13.1 Å². The summed E-state index contributed by atoms with van der Waals surface area (Å²) < 4.78 is 26.4. The first-order chi connectivity index (χ1) is 12.4. The Morgan fingerprint density at radius 1 is 1.08 bits per heavy atom. The van der Waals surface area contributed by atoms with Gasteiger partial charge in [0.2, 0.25) is 10.0 Å². The van der Waals surface area contributed by atoms with Crippen molar-refractivity contribution < 1.29 is 8.42 Å². The highest BCUT2D eigenvalue weighted by Crippen LogP contribution is 2.29. The Hall–Kier alpha value is -2.44. The van der Waals surface area contributed by atoms with Crippen molar-refractivity contribution in [1.82, 2.24) is 14.3 Å². The van der Waals surface area contributed by atoms with Crippen LogP contribution < -0.4 is 0 Å². The van der Waals surface area contributed by atoms with Crippen molar-refractivity contribution in [2.24, 2.45) is 0 Å². The molecule has 2 aromatic carbocycles. The normalized spacial score (nSPS) is 16.4. The Morgan fingerprint density at radius 3 is 2.50 bits per heavy atom. The molecular formula is C20H21N3O2S. The van der Waals surface area contributed by atoms with Crippen LogP contribution in [0.5, 0.6) is 0 Å². The standard InChI is InChI=1S/C20H21N3O2S/c1-14-3-6-16(7-4-14)9-10-26(24,25)23-12-17(13-23)20-21-18-8-5-15(2)11-19(18)22-20/h3-11,17H,12-13H2,1-2H3,(H,21,22)/b10-9+. The maximum absolute atomic E-state index is 12.5. The summed E-state index contributed by atoms with van der Waals surface area (Å²) in [6.45, 7) is 4.96. The Morgan fingerprint density at radius 2 is 1.77 bits per heavy atom. The van der Waals surface area contributed by atoms with Crippen LogP contribution >= 0.6 is 0 Å². The molecule has 0 unspecified atom stereocenters. The lowest BCUT2D eigenvalue weighted by Gasteiger charge is -2.35. The van der Waals surface area contributed by atoms with Gasteiger partial charge in [0.25, 0.3) is 0 Å². The van der Waals surface area contributed by atoms with Gasteiger partial charge >= 0.3 is 0 Å². The number of hydrogen-bond acceptors (Lipinski definition) is 3. The number of nitrogens with zero attached hydrogens (tertiary/aromatic N) is 2. The van der Waals surface area contributed by atoms with E-state index in [0.29, 0.717) is 13.1 Å². The molecule has 0 amide bonds. The molecule has 6 heteroatoms. The number of fused-ring (bicyclic) bond motifs is 1. The third-order valence-electron chi connectivity index (χ3n) is 4.76. The predicted molar refractivity (Wildman–Crippen MR) is 104 cm³/mol. The van der Waals surface area contributed by atoms with Gasteiger partial charge in [-0.2, -0.15) is 4.31 Å². The average Bonchev–Trinajstić information content (AvgIpc) is 2.95. The van der Waals surface area contributed by atoms with Crippen LogP contribution in [0.15, 0.2) is 47.9 Å². The van der Waals surface area contributed by atoms with Crippen molar-refractivity contribution in [3.63, 3.8) is 0 Å². The molecule has 5 nitrogen and oxygen atoms in total. The first-order valence-electron chi connectivity index (χ1n) is 8.62. The Balaban J connectivity index is 1.44. The minimum atomic E-state index is -3.40. The molecule has 134 valence electrons. The fourth-order valence-corrected chi connectivity index (χ4v) is 4.36. The first-order valence-corrected chi connectivity index (χ1v) is 10.1. The van der Waals surface area contributed by atoms with E-state index in [1.807, 2.05) is 50.2 Å². The molecule has 1 aromatic heterocycles. The largest absolute Gasteiger partial charge is 0.342 e. The van der Waals surface area contributed by atoms with Gasteiger partial charge in [-0.3, -0.25) is 0 Å². The minimum absolute atomic E-state index is 0.116. The maximum Gasteiger partial charge on any atom is 0.236 e. The fraction of sp³-hybridized carbons (Fsp3) is 0.250. The number of rotatable bonds is 4. The highest BCUT2D eigenvalue weighted by atomic mass is 32.2. The van der Waals surface area contributed by atoms with E-state index in [1.54, 1.807) is 6.08 Å². The van der Waals surface area contributed by atoms with Crippen LogP contribution in [0.1, 0.15) is 28.4 Å². The van der Waals surface area contributed by atoms with Crippen molar-refractivity contribution in [3.8, 4) is 0 Å². The summed E-state index contributed by atoms with van der Waals surface area (Å²) in [4.78, 5) is 7.92. The molecule has 0 aliphatic carbocycles. The van der Waals surface area contributed by atoms with Crippen molar-refractivity contribution in [2.45, 2.75) is 19.8 Å². The molecule has 26 heavy (non-hydrogen) atoms. The summed E-state index contributed by atoms with van der Waals surface area (Å²) in [5.74, 6) is 0.977. The lowest BCUT2D eigenvalue weighted by Crippen LogP contribution is -2.47. The zero-order valence-corrected chi connectivity index (χ0v) is 15.6. The second-order valence-corrected chi connectivity index (χ2v) is 8.73. The number of hydrogen-bond donors (Lipinski definition) is 1. The van der Waals surface area contributed by atoms with E-state index in [9.17, 15) is 8.42 Å². The first kappa shape index (κ1) is 17.0. The SMILES string of the molecule is Cc1ccc(/C=C/S(=O)(=O)N2CC(c3nc4ccc(C)cc4[nH]3)C2)cc1. The van der Waals surface area contributed by atoms with Gasteiger partial charge in [-0.1, -0.05) is 35.9 Å². The zero-order chi connectivity index (χ0) is 18.3. The van der Waals surface area contributed by atoms with Crippen LogP contribution in [-0.4, -0.2) is 35.8 Å². The summed E-state index contributed by atoms with van der Waals surface area (Å²) in [5, 5.41) is 1.29. The van der Waals surface area contributed by atoms with Gasteiger partial charge in [0.1, 0.15) is 5.82 Å². The fourth-order valence-electron chi connectivity index (χ4n) is 3.08. The molecule has 0 bridgehead atoms. The molecule has 0 radical (unpaired) electrons. The maximum atomic E-state index is 12.5. The van der Waals surface area contributed by atoms with Crippen LogP contribution in [0.3, 0.4) is 0 Å². The lowest BCUT2D eigenvalue weighted by molar-refractivity contribution is 0.260. The van der Waals surface area contributed by atoms with Crippen LogP contribution in [-0.2, 0) is 10.0 Å². The molecule has 1 aliphatic rings. The topological polar surface area (TPSA) is 66.1 Å². The van der Waals surface area contributed by atoms with E-state index in [1.165, 1.54) is 15.3 Å². The van der Waals surface area contributed by atoms with Gasteiger partial charge in [-0.25, -0.2) is 13.4 Å². The van der Waals surface area contributed by atoms with Gasteiger partial charge in [0.15, 0.2) is 0 Å². The third kappa shape index (κ3) is 3.30. The summed E-state index contributed by atoms with van der Waals surface area (Å²) in [5.41, 5.74) is 5.12. The van der Waals surface area contributed by atoms with E-state index in [-0.39, 0.29) is 5.92 Å².